The minimum absolute atomic E-state index is 0.00347. The lowest BCUT2D eigenvalue weighted by atomic mass is 10.1. The summed E-state index contributed by atoms with van der Waals surface area (Å²) in [5, 5.41) is 12.2. The van der Waals surface area contributed by atoms with E-state index in [-0.39, 0.29) is 6.04 Å². The van der Waals surface area contributed by atoms with Crippen LogP contribution in [0, 0.1) is 0 Å². The van der Waals surface area contributed by atoms with Crippen LogP contribution in [-0.2, 0) is 9.53 Å². The Morgan fingerprint density at radius 3 is 2.59 bits per heavy atom. The lowest BCUT2D eigenvalue weighted by Gasteiger charge is -2.20. The van der Waals surface area contributed by atoms with Crippen LogP contribution in [0.15, 0.2) is 30.3 Å². The van der Waals surface area contributed by atoms with E-state index in [1.807, 2.05) is 32.0 Å². The first-order chi connectivity index (χ1) is 8.15. The Balaban J connectivity index is 2.65. The first-order valence-corrected chi connectivity index (χ1v) is 5.76. The predicted molar refractivity (Wildman–Crippen MR) is 65.9 cm³/mol. The Labute approximate surface area is 102 Å². The topological polar surface area (TPSA) is 58.6 Å². The van der Waals surface area contributed by atoms with Gasteiger partial charge in [-0.05, 0) is 19.4 Å². The van der Waals surface area contributed by atoms with Crippen LogP contribution >= 0.6 is 0 Å². The van der Waals surface area contributed by atoms with E-state index in [0.717, 1.165) is 5.56 Å². The number of hydrogen-bond donors (Lipinski definition) is 2. The van der Waals surface area contributed by atoms with Crippen molar-refractivity contribution in [2.45, 2.75) is 25.9 Å². The van der Waals surface area contributed by atoms with Crippen molar-refractivity contribution in [1.29, 1.82) is 0 Å². The van der Waals surface area contributed by atoms with Crippen molar-refractivity contribution in [1.82, 2.24) is 5.32 Å². The number of carbonyl (C=O) groups is 1. The van der Waals surface area contributed by atoms with Gasteiger partial charge in [-0.15, -0.1) is 0 Å². The number of carboxylic acids is 1. The zero-order valence-corrected chi connectivity index (χ0v) is 10.2. The minimum Gasteiger partial charge on any atom is -0.480 e. The van der Waals surface area contributed by atoms with Gasteiger partial charge in [-0.25, -0.2) is 0 Å². The van der Waals surface area contributed by atoms with Gasteiger partial charge < -0.3 is 9.84 Å². The van der Waals surface area contributed by atoms with Gasteiger partial charge in [0.2, 0.25) is 0 Å². The largest absolute Gasteiger partial charge is 0.480 e. The summed E-state index contributed by atoms with van der Waals surface area (Å²) >= 11 is 0. The van der Waals surface area contributed by atoms with Crippen LogP contribution in [-0.4, -0.2) is 30.3 Å². The standard InChI is InChI=1S/C13H19NO3/c1-3-17-9-10(2)14-12(13(15)16)11-7-5-4-6-8-11/h4-8,10,12,14H,3,9H2,1-2H3,(H,15,16). The molecule has 0 amide bonds. The molecule has 4 nitrogen and oxygen atoms in total. The summed E-state index contributed by atoms with van der Waals surface area (Å²) in [6, 6.07) is 8.45. The number of nitrogens with one attached hydrogen (secondary N) is 1. The average molecular weight is 237 g/mol. The molecule has 0 spiro atoms. The molecule has 1 aromatic carbocycles. The van der Waals surface area contributed by atoms with Crippen molar-refractivity contribution in [2.75, 3.05) is 13.2 Å². The second-order valence-corrected chi connectivity index (χ2v) is 3.91. The van der Waals surface area contributed by atoms with Crippen molar-refractivity contribution in [2.24, 2.45) is 0 Å². The van der Waals surface area contributed by atoms with Crippen LogP contribution in [0.4, 0.5) is 0 Å². The summed E-state index contributed by atoms with van der Waals surface area (Å²) in [6.07, 6.45) is 0. The molecule has 2 atom stereocenters. The molecule has 0 saturated heterocycles. The van der Waals surface area contributed by atoms with Crippen LogP contribution in [0.1, 0.15) is 25.5 Å². The minimum atomic E-state index is -0.875. The van der Waals surface area contributed by atoms with Crippen molar-refractivity contribution in [3.05, 3.63) is 35.9 Å². The first-order valence-electron chi connectivity index (χ1n) is 5.76. The normalized spacial score (nSPS) is 14.2. The quantitative estimate of drug-likeness (QED) is 0.759. The SMILES string of the molecule is CCOCC(C)NC(C(=O)O)c1ccccc1. The molecule has 0 fully saturated rings. The second kappa shape index (κ2) is 7.04. The smallest absolute Gasteiger partial charge is 0.325 e. The molecule has 0 radical (unpaired) electrons. The molecule has 1 rings (SSSR count). The third kappa shape index (κ3) is 4.54. The van der Waals surface area contributed by atoms with Gasteiger partial charge in [0.05, 0.1) is 6.61 Å². The highest BCUT2D eigenvalue weighted by molar-refractivity contribution is 5.75. The van der Waals surface area contributed by atoms with E-state index in [2.05, 4.69) is 5.32 Å². The van der Waals surface area contributed by atoms with E-state index in [1.54, 1.807) is 12.1 Å². The molecule has 0 aliphatic heterocycles. The van der Waals surface area contributed by atoms with Crippen molar-refractivity contribution in [3.63, 3.8) is 0 Å². The second-order valence-electron chi connectivity index (χ2n) is 3.91. The van der Waals surface area contributed by atoms with Crippen LogP contribution in [0.2, 0.25) is 0 Å². The van der Waals surface area contributed by atoms with Crippen LogP contribution in [0.5, 0.6) is 0 Å². The summed E-state index contributed by atoms with van der Waals surface area (Å²) in [4.78, 5) is 11.2. The average Bonchev–Trinajstić information content (AvgIpc) is 2.34. The molecular weight excluding hydrogens is 218 g/mol. The molecule has 17 heavy (non-hydrogen) atoms. The molecule has 0 aliphatic carbocycles. The van der Waals surface area contributed by atoms with Gasteiger partial charge in [-0.2, -0.15) is 0 Å². The third-order valence-corrected chi connectivity index (χ3v) is 2.40. The maximum absolute atomic E-state index is 11.2. The fourth-order valence-corrected chi connectivity index (χ4v) is 1.58. The molecule has 0 saturated carbocycles. The summed E-state index contributed by atoms with van der Waals surface area (Å²) in [6.45, 7) is 4.97. The van der Waals surface area contributed by atoms with E-state index >= 15 is 0 Å². The number of aliphatic carboxylic acids is 1. The van der Waals surface area contributed by atoms with E-state index in [0.29, 0.717) is 13.2 Å². The fraction of sp³-hybridized carbons (Fsp3) is 0.462. The molecule has 0 aromatic heterocycles. The van der Waals surface area contributed by atoms with Crippen molar-refractivity contribution >= 4 is 5.97 Å². The van der Waals surface area contributed by atoms with Crippen molar-refractivity contribution < 1.29 is 14.6 Å². The summed E-state index contributed by atoms with van der Waals surface area (Å²) in [5.41, 5.74) is 0.753. The van der Waals surface area contributed by atoms with Crippen molar-refractivity contribution in [3.8, 4) is 0 Å². The summed E-state index contributed by atoms with van der Waals surface area (Å²) in [7, 11) is 0. The Morgan fingerprint density at radius 2 is 2.06 bits per heavy atom. The van der Waals surface area contributed by atoms with Gasteiger partial charge in [-0.3, -0.25) is 10.1 Å². The zero-order valence-electron chi connectivity index (χ0n) is 10.2. The maximum atomic E-state index is 11.2. The highest BCUT2D eigenvalue weighted by atomic mass is 16.5. The maximum Gasteiger partial charge on any atom is 0.325 e. The van der Waals surface area contributed by atoms with E-state index in [1.165, 1.54) is 0 Å². The Kier molecular flexibility index (Phi) is 5.66. The first kappa shape index (κ1) is 13.7. The molecule has 0 bridgehead atoms. The Hall–Kier alpha value is -1.39. The van der Waals surface area contributed by atoms with E-state index < -0.39 is 12.0 Å². The lowest BCUT2D eigenvalue weighted by Crippen LogP contribution is -2.38. The van der Waals surface area contributed by atoms with Gasteiger partial charge in [0.1, 0.15) is 6.04 Å². The van der Waals surface area contributed by atoms with Gasteiger partial charge in [-0.1, -0.05) is 30.3 Å². The van der Waals surface area contributed by atoms with Crippen LogP contribution in [0.25, 0.3) is 0 Å². The number of hydrogen-bond acceptors (Lipinski definition) is 3. The van der Waals surface area contributed by atoms with Gasteiger partial charge in [0.15, 0.2) is 0 Å². The molecule has 94 valence electrons. The van der Waals surface area contributed by atoms with E-state index in [9.17, 15) is 9.90 Å². The highest BCUT2D eigenvalue weighted by Gasteiger charge is 2.21. The molecule has 0 heterocycles. The molecule has 1 aromatic rings. The molecule has 2 N–H and O–H groups in total. The van der Waals surface area contributed by atoms with Crippen LogP contribution < -0.4 is 5.32 Å². The number of rotatable bonds is 7. The molecule has 4 heteroatoms. The lowest BCUT2D eigenvalue weighted by molar-refractivity contribution is -0.140. The van der Waals surface area contributed by atoms with Gasteiger partial charge in [0, 0.05) is 12.6 Å². The number of ether oxygens (including phenoxy) is 1. The van der Waals surface area contributed by atoms with Gasteiger partial charge >= 0.3 is 5.97 Å². The molecular formula is C13H19NO3. The van der Waals surface area contributed by atoms with E-state index in [4.69, 9.17) is 4.74 Å². The Morgan fingerprint density at radius 1 is 1.41 bits per heavy atom. The monoisotopic (exact) mass is 237 g/mol. The third-order valence-electron chi connectivity index (χ3n) is 2.40. The number of benzene rings is 1. The highest BCUT2D eigenvalue weighted by Crippen LogP contribution is 2.13. The number of carboxylic acid groups (broad SMARTS) is 1. The fourth-order valence-electron chi connectivity index (χ4n) is 1.58. The summed E-state index contributed by atoms with van der Waals surface area (Å²) in [5.74, 6) is -0.875. The van der Waals surface area contributed by atoms with Gasteiger partial charge in [0.25, 0.3) is 0 Å². The predicted octanol–water partition coefficient (Wildman–Crippen LogP) is 1.83. The van der Waals surface area contributed by atoms with Crippen LogP contribution in [0.3, 0.4) is 0 Å². The summed E-state index contributed by atoms with van der Waals surface area (Å²) < 4.78 is 5.26. The molecule has 2 unspecified atom stereocenters. The molecule has 0 aliphatic rings. The Bertz CT molecular complexity index is 340. The zero-order chi connectivity index (χ0) is 12.7.